The number of furan rings is 1. The zero-order valence-corrected chi connectivity index (χ0v) is 35.9. The van der Waals surface area contributed by atoms with Crippen molar-refractivity contribution in [1.29, 1.82) is 0 Å². The summed E-state index contributed by atoms with van der Waals surface area (Å²) in [7, 11) is 0. The van der Waals surface area contributed by atoms with Crippen molar-refractivity contribution in [3.8, 4) is 44.5 Å². The summed E-state index contributed by atoms with van der Waals surface area (Å²) in [6, 6.07) is 72.0. The van der Waals surface area contributed by atoms with Crippen LogP contribution in [0.2, 0.25) is 0 Å². The average molecular weight is 812 g/mol. The second-order valence-electron chi connectivity index (χ2n) is 18.2. The summed E-state index contributed by atoms with van der Waals surface area (Å²) < 4.78 is 6.31. The fraction of sp³-hybridized carbons (Fsp3) is 0.148. The summed E-state index contributed by atoms with van der Waals surface area (Å²) in [4.78, 5) is 2.50. The van der Waals surface area contributed by atoms with Crippen LogP contribution in [0.15, 0.2) is 199 Å². The molecule has 0 aliphatic heterocycles. The van der Waals surface area contributed by atoms with Crippen LogP contribution in [0.5, 0.6) is 0 Å². The normalized spacial score (nSPS) is 14.6. The smallest absolute Gasteiger partial charge is 0.135 e. The maximum atomic E-state index is 6.31. The second-order valence-corrected chi connectivity index (χ2v) is 18.2. The molecular formula is C61H49NO. The predicted octanol–water partition coefficient (Wildman–Crippen LogP) is 17.6. The van der Waals surface area contributed by atoms with Crippen LogP contribution >= 0.6 is 0 Å². The van der Waals surface area contributed by atoms with Gasteiger partial charge in [0, 0.05) is 33.0 Å². The van der Waals surface area contributed by atoms with Crippen LogP contribution < -0.4 is 4.90 Å². The third-order valence-electron chi connectivity index (χ3n) is 14.3. The van der Waals surface area contributed by atoms with Crippen LogP contribution in [0.4, 0.5) is 17.1 Å². The molecule has 1 fully saturated rings. The van der Waals surface area contributed by atoms with E-state index in [9.17, 15) is 0 Å². The van der Waals surface area contributed by atoms with Crippen LogP contribution in [-0.2, 0) is 5.41 Å². The molecule has 0 saturated heterocycles. The minimum atomic E-state index is -0.0592. The van der Waals surface area contributed by atoms with E-state index in [1.165, 1.54) is 92.9 Å². The van der Waals surface area contributed by atoms with E-state index in [2.05, 4.69) is 207 Å². The van der Waals surface area contributed by atoms with E-state index in [0.717, 1.165) is 50.1 Å². The highest BCUT2D eigenvalue weighted by Crippen LogP contribution is 2.53. The summed E-state index contributed by atoms with van der Waals surface area (Å²) in [6.45, 7) is 4.72. The fourth-order valence-electron chi connectivity index (χ4n) is 11.2. The van der Waals surface area contributed by atoms with E-state index in [0.29, 0.717) is 5.92 Å². The van der Waals surface area contributed by atoms with Crippen molar-refractivity contribution in [2.75, 3.05) is 4.90 Å². The molecule has 10 aromatic rings. The van der Waals surface area contributed by atoms with Gasteiger partial charge in [0.15, 0.2) is 0 Å². The third kappa shape index (κ3) is 6.15. The first kappa shape index (κ1) is 37.6. The van der Waals surface area contributed by atoms with Gasteiger partial charge in [-0.2, -0.15) is 0 Å². The minimum Gasteiger partial charge on any atom is -0.456 e. The van der Waals surface area contributed by atoms with Gasteiger partial charge in [-0.15, -0.1) is 0 Å². The lowest BCUT2D eigenvalue weighted by atomic mass is 9.80. The van der Waals surface area contributed by atoms with Crippen LogP contribution in [0.25, 0.3) is 77.2 Å². The zero-order chi connectivity index (χ0) is 42.1. The fourth-order valence-corrected chi connectivity index (χ4v) is 11.2. The highest BCUT2D eigenvalue weighted by atomic mass is 16.3. The van der Waals surface area contributed by atoms with E-state index in [-0.39, 0.29) is 5.41 Å². The molecule has 1 saturated carbocycles. The molecule has 0 radical (unpaired) electrons. The van der Waals surface area contributed by atoms with Gasteiger partial charge in [-0.1, -0.05) is 185 Å². The first-order valence-electron chi connectivity index (χ1n) is 22.8. The molecule has 1 aromatic heterocycles. The standard InChI is InChI=1S/C61H49NO/c1-61(2)53-28-10-6-24-51(53)60-47(26-16-29-54(60)61)41-33-36-44(37-34-41)62(55-30-11-7-21-45(55)43-35-38-58-52(39-43)49-23-9-13-32-57(49)63-58)56-31-12-8-22-48(56)50-27-15-20-42-19-14-25-46(59(42)50)40-17-4-3-5-18-40/h6-16,19-40H,3-5,17-18H2,1-2H3. The number of hydrogen-bond acceptors (Lipinski definition) is 2. The number of fused-ring (bicyclic) bond motifs is 7. The Bertz CT molecular complexity index is 3360. The van der Waals surface area contributed by atoms with Gasteiger partial charge in [0.2, 0.25) is 0 Å². The van der Waals surface area contributed by atoms with Gasteiger partial charge in [-0.3, -0.25) is 0 Å². The lowest BCUT2D eigenvalue weighted by molar-refractivity contribution is 0.445. The Morgan fingerprint density at radius 1 is 0.460 bits per heavy atom. The molecule has 2 aliphatic carbocycles. The van der Waals surface area contributed by atoms with Crippen molar-refractivity contribution in [3.63, 3.8) is 0 Å². The first-order chi connectivity index (χ1) is 31.0. The summed E-state index contributed by atoms with van der Waals surface area (Å²) in [6.07, 6.45) is 6.45. The van der Waals surface area contributed by atoms with E-state index >= 15 is 0 Å². The van der Waals surface area contributed by atoms with Gasteiger partial charge in [0.25, 0.3) is 0 Å². The van der Waals surface area contributed by atoms with Crippen LogP contribution in [0.1, 0.15) is 68.6 Å². The maximum Gasteiger partial charge on any atom is 0.135 e. The lowest BCUT2D eigenvalue weighted by Gasteiger charge is -2.31. The molecule has 2 aliphatic rings. The summed E-state index contributed by atoms with van der Waals surface area (Å²) in [5, 5.41) is 4.96. The summed E-state index contributed by atoms with van der Waals surface area (Å²) >= 11 is 0. The Labute approximate surface area is 370 Å². The van der Waals surface area contributed by atoms with Gasteiger partial charge in [-0.25, -0.2) is 0 Å². The van der Waals surface area contributed by atoms with Crippen LogP contribution in [-0.4, -0.2) is 0 Å². The molecule has 1 heterocycles. The molecule has 0 unspecified atom stereocenters. The zero-order valence-electron chi connectivity index (χ0n) is 35.9. The largest absolute Gasteiger partial charge is 0.456 e. The van der Waals surface area contributed by atoms with Crippen molar-refractivity contribution in [1.82, 2.24) is 0 Å². The summed E-state index contributed by atoms with van der Waals surface area (Å²) in [5.41, 5.74) is 19.4. The van der Waals surface area contributed by atoms with Crippen molar-refractivity contribution >= 4 is 49.8 Å². The molecule has 12 rings (SSSR count). The van der Waals surface area contributed by atoms with Crippen LogP contribution in [0, 0.1) is 0 Å². The van der Waals surface area contributed by atoms with Gasteiger partial charge in [-0.05, 0) is 122 Å². The minimum absolute atomic E-state index is 0.0592. The van der Waals surface area contributed by atoms with Crippen molar-refractivity contribution in [2.45, 2.75) is 57.3 Å². The van der Waals surface area contributed by atoms with Crippen molar-refractivity contribution in [3.05, 3.63) is 211 Å². The molecule has 2 nitrogen and oxygen atoms in total. The Hall–Kier alpha value is -7.16. The van der Waals surface area contributed by atoms with Gasteiger partial charge in [0.05, 0.1) is 11.4 Å². The second kappa shape index (κ2) is 15.0. The molecule has 9 aromatic carbocycles. The number of hydrogen-bond donors (Lipinski definition) is 0. The molecule has 304 valence electrons. The predicted molar refractivity (Wildman–Crippen MR) is 266 cm³/mol. The highest BCUT2D eigenvalue weighted by Gasteiger charge is 2.36. The molecule has 63 heavy (non-hydrogen) atoms. The van der Waals surface area contributed by atoms with E-state index in [4.69, 9.17) is 4.42 Å². The SMILES string of the molecule is CC1(C)c2ccccc2-c2c(-c3ccc(N(c4ccccc4-c4ccc5oc6ccccc6c5c4)c4ccccc4-c4cccc5cccc(C6CCCCC6)c45)cc3)cccc21. The molecule has 0 atom stereocenters. The number of anilines is 3. The van der Waals surface area contributed by atoms with Gasteiger partial charge < -0.3 is 9.32 Å². The molecular weight excluding hydrogens is 763 g/mol. The molecule has 0 spiro atoms. The molecule has 0 N–H and O–H groups in total. The Morgan fingerprint density at radius 3 is 1.89 bits per heavy atom. The third-order valence-corrected chi connectivity index (χ3v) is 14.3. The quantitative estimate of drug-likeness (QED) is 0.159. The number of benzene rings is 9. The van der Waals surface area contributed by atoms with Gasteiger partial charge in [0.1, 0.15) is 11.2 Å². The van der Waals surface area contributed by atoms with Crippen molar-refractivity contribution in [2.24, 2.45) is 0 Å². The lowest BCUT2D eigenvalue weighted by Crippen LogP contribution is -2.14. The number of nitrogens with zero attached hydrogens (tertiary/aromatic N) is 1. The number of para-hydroxylation sites is 3. The Balaban J connectivity index is 1.06. The Kier molecular flexibility index (Phi) is 8.97. The molecule has 2 heteroatoms. The van der Waals surface area contributed by atoms with Crippen molar-refractivity contribution < 1.29 is 4.42 Å². The maximum absolute atomic E-state index is 6.31. The molecule has 0 amide bonds. The first-order valence-corrected chi connectivity index (χ1v) is 22.8. The average Bonchev–Trinajstić information content (AvgIpc) is 3.83. The highest BCUT2D eigenvalue weighted by molar-refractivity contribution is 6.08. The topological polar surface area (TPSA) is 16.4 Å². The number of rotatable bonds is 7. The monoisotopic (exact) mass is 811 g/mol. The van der Waals surface area contributed by atoms with E-state index in [1.54, 1.807) is 0 Å². The van der Waals surface area contributed by atoms with E-state index < -0.39 is 0 Å². The molecule has 0 bridgehead atoms. The van der Waals surface area contributed by atoms with E-state index in [1.807, 2.05) is 6.07 Å². The Morgan fingerprint density at radius 2 is 1.06 bits per heavy atom. The summed E-state index contributed by atoms with van der Waals surface area (Å²) in [5.74, 6) is 0.575. The van der Waals surface area contributed by atoms with Gasteiger partial charge >= 0.3 is 0 Å². The van der Waals surface area contributed by atoms with Crippen LogP contribution in [0.3, 0.4) is 0 Å².